The highest BCUT2D eigenvalue weighted by Crippen LogP contribution is 2.33. The first kappa shape index (κ1) is 24.2. The molecule has 9 nitrogen and oxygen atoms in total. The summed E-state index contributed by atoms with van der Waals surface area (Å²) in [4.78, 5) is 33.1. The number of hydrogen-bond acceptors (Lipinski definition) is 5. The van der Waals surface area contributed by atoms with Gasteiger partial charge in [0, 0.05) is 26.2 Å². The third kappa shape index (κ3) is 6.48. The van der Waals surface area contributed by atoms with E-state index in [1.165, 1.54) is 0 Å². The van der Waals surface area contributed by atoms with E-state index in [0.29, 0.717) is 19.0 Å². The Labute approximate surface area is 180 Å². The molecule has 0 radical (unpaired) electrons. The zero-order valence-corrected chi connectivity index (χ0v) is 19.6. The van der Waals surface area contributed by atoms with Gasteiger partial charge in [-0.05, 0) is 61.3 Å². The standard InChI is InChI=1S/C21H39N5O4/c1-8-22-18(24-14-17(27)25-11-9-10-12-25)23-13-16-15(2)29-21(6,7)26(16)19(28)30-20(3,4)5/h15-16H,8-14H2,1-7H3,(H2,22,23,24). The maximum absolute atomic E-state index is 12.9. The fourth-order valence-electron chi connectivity index (χ4n) is 3.88. The molecule has 9 heteroatoms. The van der Waals surface area contributed by atoms with E-state index < -0.39 is 17.4 Å². The van der Waals surface area contributed by atoms with Gasteiger partial charge in [-0.1, -0.05) is 0 Å². The van der Waals surface area contributed by atoms with Crippen molar-refractivity contribution in [1.82, 2.24) is 20.4 Å². The van der Waals surface area contributed by atoms with Gasteiger partial charge in [0.2, 0.25) is 5.91 Å². The summed E-state index contributed by atoms with van der Waals surface area (Å²) in [5.74, 6) is 0.588. The molecule has 2 N–H and O–H groups in total. The summed E-state index contributed by atoms with van der Waals surface area (Å²) in [7, 11) is 0. The molecular formula is C21H39N5O4. The number of nitrogens with one attached hydrogen (secondary N) is 2. The van der Waals surface area contributed by atoms with Crippen LogP contribution in [-0.4, -0.2) is 84.0 Å². The molecule has 2 rings (SSSR count). The molecule has 0 bridgehead atoms. The van der Waals surface area contributed by atoms with Crippen LogP contribution in [-0.2, 0) is 14.3 Å². The predicted molar refractivity (Wildman–Crippen MR) is 116 cm³/mol. The molecule has 30 heavy (non-hydrogen) atoms. The van der Waals surface area contributed by atoms with Crippen LogP contribution in [0.25, 0.3) is 0 Å². The highest BCUT2D eigenvalue weighted by molar-refractivity contribution is 5.85. The average Bonchev–Trinajstić information content (AvgIpc) is 3.21. The molecule has 2 fully saturated rings. The second-order valence-electron chi connectivity index (χ2n) is 9.35. The monoisotopic (exact) mass is 425 g/mol. The fourth-order valence-corrected chi connectivity index (χ4v) is 3.88. The highest BCUT2D eigenvalue weighted by atomic mass is 16.6. The van der Waals surface area contributed by atoms with Gasteiger partial charge in [0.05, 0.1) is 12.1 Å². The third-order valence-corrected chi connectivity index (χ3v) is 5.17. The van der Waals surface area contributed by atoms with Crippen LogP contribution in [0.1, 0.15) is 61.3 Å². The molecule has 172 valence electrons. The number of carbonyl (C=O) groups is 2. The molecule has 0 aromatic carbocycles. The molecule has 2 heterocycles. The number of rotatable bonds is 5. The minimum absolute atomic E-state index is 0.0405. The van der Waals surface area contributed by atoms with Crippen molar-refractivity contribution in [3.63, 3.8) is 0 Å². The minimum atomic E-state index is -0.782. The molecule has 0 aromatic heterocycles. The van der Waals surface area contributed by atoms with Crippen molar-refractivity contribution in [2.45, 2.75) is 84.8 Å². The Balaban J connectivity index is 2.05. The summed E-state index contributed by atoms with van der Waals surface area (Å²) in [6.45, 7) is 16.0. The van der Waals surface area contributed by atoms with Gasteiger partial charge in [-0.25, -0.2) is 9.79 Å². The zero-order chi connectivity index (χ0) is 22.5. The van der Waals surface area contributed by atoms with E-state index in [1.807, 2.05) is 53.4 Å². The van der Waals surface area contributed by atoms with Gasteiger partial charge in [0.25, 0.3) is 0 Å². The van der Waals surface area contributed by atoms with E-state index in [0.717, 1.165) is 25.9 Å². The van der Waals surface area contributed by atoms with Crippen LogP contribution in [0.5, 0.6) is 0 Å². The van der Waals surface area contributed by atoms with Crippen molar-refractivity contribution in [3.05, 3.63) is 0 Å². The van der Waals surface area contributed by atoms with Gasteiger partial charge in [0.15, 0.2) is 5.96 Å². The number of likely N-dealkylation sites (tertiary alicyclic amines) is 1. The van der Waals surface area contributed by atoms with Crippen LogP contribution in [0.15, 0.2) is 4.99 Å². The van der Waals surface area contributed by atoms with E-state index in [9.17, 15) is 9.59 Å². The first-order valence-electron chi connectivity index (χ1n) is 10.9. The first-order valence-corrected chi connectivity index (χ1v) is 10.9. The number of nitrogens with zero attached hydrogens (tertiary/aromatic N) is 3. The van der Waals surface area contributed by atoms with E-state index in [1.54, 1.807) is 4.90 Å². The van der Waals surface area contributed by atoms with Crippen LogP contribution in [0, 0.1) is 0 Å². The van der Waals surface area contributed by atoms with E-state index in [2.05, 4.69) is 15.6 Å². The van der Waals surface area contributed by atoms with E-state index >= 15 is 0 Å². The first-order chi connectivity index (χ1) is 13.9. The van der Waals surface area contributed by atoms with Crippen LogP contribution in [0.3, 0.4) is 0 Å². The van der Waals surface area contributed by atoms with Crippen LogP contribution in [0.4, 0.5) is 4.79 Å². The maximum Gasteiger partial charge on any atom is 0.412 e. The molecular weight excluding hydrogens is 386 g/mol. The topological polar surface area (TPSA) is 95.5 Å². The van der Waals surface area contributed by atoms with Gasteiger partial charge in [0.1, 0.15) is 17.9 Å². The largest absolute Gasteiger partial charge is 0.444 e. The third-order valence-electron chi connectivity index (χ3n) is 5.17. The van der Waals surface area contributed by atoms with Crippen LogP contribution < -0.4 is 10.6 Å². The van der Waals surface area contributed by atoms with Gasteiger partial charge >= 0.3 is 6.09 Å². The van der Waals surface area contributed by atoms with Crippen molar-refractivity contribution in [1.29, 1.82) is 0 Å². The lowest BCUT2D eigenvalue weighted by molar-refractivity contribution is -0.128. The Morgan fingerprint density at radius 2 is 1.83 bits per heavy atom. The summed E-state index contributed by atoms with van der Waals surface area (Å²) >= 11 is 0. The quantitative estimate of drug-likeness (QED) is 0.516. The van der Waals surface area contributed by atoms with Crippen molar-refractivity contribution < 1.29 is 19.1 Å². The molecule has 2 amide bonds. The van der Waals surface area contributed by atoms with Crippen molar-refractivity contribution in [2.24, 2.45) is 4.99 Å². The van der Waals surface area contributed by atoms with Crippen molar-refractivity contribution in [2.75, 3.05) is 32.7 Å². The zero-order valence-electron chi connectivity index (χ0n) is 19.6. The normalized spacial score (nSPS) is 24.2. The summed E-state index contributed by atoms with van der Waals surface area (Å²) in [5, 5.41) is 6.43. The fraction of sp³-hybridized carbons (Fsp3) is 0.857. The SMILES string of the molecule is CCNC(=NCC(=O)N1CCCC1)NCC1C(C)OC(C)(C)N1C(=O)OC(C)(C)C. The lowest BCUT2D eigenvalue weighted by Crippen LogP contribution is -2.54. The van der Waals surface area contributed by atoms with Gasteiger partial charge in [-0.3, -0.25) is 9.69 Å². The number of carbonyl (C=O) groups excluding carboxylic acids is 2. The predicted octanol–water partition coefficient (Wildman–Crippen LogP) is 1.92. The van der Waals surface area contributed by atoms with E-state index in [-0.39, 0.29) is 24.6 Å². The Hall–Kier alpha value is -2.03. The van der Waals surface area contributed by atoms with E-state index in [4.69, 9.17) is 9.47 Å². The molecule has 0 saturated carbocycles. The lowest BCUT2D eigenvalue weighted by Gasteiger charge is -2.35. The second kappa shape index (κ2) is 9.85. The Morgan fingerprint density at radius 1 is 1.20 bits per heavy atom. The smallest absolute Gasteiger partial charge is 0.412 e. The molecule has 2 unspecified atom stereocenters. The molecule has 2 saturated heterocycles. The molecule has 2 aliphatic heterocycles. The average molecular weight is 426 g/mol. The lowest BCUT2D eigenvalue weighted by atomic mass is 10.1. The molecule has 0 aliphatic carbocycles. The molecule has 0 aromatic rings. The minimum Gasteiger partial charge on any atom is -0.444 e. The molecule has 2 aliphatic rings. The van der Waals surface area contributed by atoms with Crippen LogP contribution in [0.2, 0.25) is 0 Å². The molecule has 0 spiro atoms. The Kier molecular flexibility index (Phi) is 7.96. The van der Waals surface area contributed by atoms with Gasteiger partial charge in [-0.15, -0.1) is 0 Å². The number of amides is 2. The van der Waals surface area contributed by atoms with Crippen LogP contribution >= 0.6 is 0 Å². The Morgan fingerprint density at radius 3 is 2.40 bits per heavy atom. The highest BCUT2D eigenvalue weighted by Gasteiger charge is 2.49. The summed E-state index contributed by atoms with van der Waals surface area (Å²) in [6.07, 6.45) is 1.52. The number of aliphatic imine (C=N–C) groups is 1. The molecule has 2 atom stereocenters. The number of ether oxygens (including phenoxy) is 2. The second-order valence-corrected chi connectivity index (χ2v) is 9.35. The van der Waals surface area contributed by atoms with Crippen molar-refractivity contribution in [3.8, 4) is 0 Å². The summed E-state index contributed by atoms with van der Waals surface area (Å²) in [5.41, 5.74) is -1.38. The summed E-state index contributed by atoms with van der Waals surface area (Å²) in [6, 6.07) is -0.243. The maximum atomic E-state index is 12.9. The number of hydrogen-bond donors (Lipinski definition) is 2. The van der Waals surface area contributed by atoms with Gasteiger partial charge < -0.3 is 25.0 Å². The number of guanidine groups is 1. The summed E-state index contributed by atoms with van der Waals surface area (Å²) < 4.78 is 11.6. The van der Waals surface area contributed by atoms with Gasteiger partial charge in [-0.2, -0.15) is 0 Å². The van der Waals surface area contributed by atoms with Crippen molar-refractivity contribution >= 4 is 18.0 Å². The Bertz CT molecular complexity index is 638.